The van der Waals surface area contributed by atoms with Crippen LogP contribution in [0.25, 0.3) is 0 Å². The molecule has 7 heteroatoms. The lowest BCUT2D eigenvalue weighted by atomic mass is 10.0. The molecule has 0 spiro atoms. The molecule has 0 aliphatic carbocycles. The zero-order chi connectivity index (χ0) is 16.2. The van der Waals surface area contributed by atoms with Gasteiger partial charge in [-0.15, -0.1) is 0 Å². The number of thiocarbonyl (C=S) groups is 1. The van der Waals surface area contributed by atoms with E-state index in [0.717, 1.165) is 12.8 Å². The third-order valence-corrected chi connectivity index (χ3v) is 5.62. The minimum absolute atomic E-state index is 0.00506. The Hall–Kier alpha value is -0.690. The van der Waals surface area contributed by atoms with Crippen molar-refractivity contribution in [2.24, 2.45) is 11.7 Å². The normalized spacial score (nSPS) is 14.7. The largest absolute Gasteiger partial charge is 0.389 e. The van der Waals surface area contributed by atoms with Crippen molar-refractivity contribution in [1.29, 1.82) is 0 Å². The lowest BCUT2D eigenvalue weighted by Gasteiger charge is -2.18. The van der Waals surface area contributed by atoms with E-state index >= 15 is 0 Å². The van der Waals surface area contributed by atoms with E-state index in [-0.39, 0.29) is 20.9 Å². The molecule has 0 heterocycles. The van der Waals surface area contributed by atoms with Gasteiger partial charge in [0.15, 0.2) is 0 Å². The van der Waals surface area contributed by atoms with E-state index in [0.29, 0.717) is 11.5 Å². The van der Waals surface area contributed by atoms with Crippen LogP contribution < -0.4 is 10.5 Å². The SMILES string of the molecule is CCC(C)CC(C)NS(=O)(=O)c1cc(C(N)=S)ccc1Cl. The van der Waals surface area contributed by atoms with Crippen LogP contribution in [0.1, 0.15) is 39.2 Å². The molecule has 1 rings (SSSR count). The topological polar surface area (TPSA) is 72.2 Å². The Morgan fingerprint density at radius 1 is 1.43 bits per heavy atom. The van der Waals surface area contributed by atoms with Crippen molar-refractivity contribution in [1.82, 2.24) is 4.72 Å². The van der Waals surface area contributed by atoms with Crippen LogP contribution in [0.15, 0.2) is 23.1 Å². The number of nitrogens with two attached hydrogens (primary N) is 1. The molecule has 2 atom stereocenters. The van der Waals surface area contributed by atoms with Crippen LogP contribution >= 0.6 is 23.8 Å². The first-order valence-corrected chi connectivity index (χ1v) is 9.06. The summed E-state index contributed by atoms with van der Waals surface area (Å²) < 4.78 is 27.5. The van der Waals surface area contributed by atoms with Crippen molar-refractivity contribution in [3.8, 4) is 0 Å². The molecule has 0 aliphatic heterocycles. The minimum Gasteiger partial charge on any atom is -0.389 e. The van der Waals surface area contributed by atoms with Crippen molar-refractivity contribution >= 4 is 38.8 Å². The summed E-state index contributed by atoms with van der Waals surface area (Å²) in [7, 11) is -3.70. The van der Waals surface area contributed by atoms with Gasteiger partial charge in [0.05, 0.1) is 5.02 Å². The summed E-state index contributed by atoms with van der Waals surface area (Å²) in [4.78, 5) is 0.140. The zero-order valence-electron chi connectivity index (χ0n) is 12.4. The van der Waals surface area contributed by atoms with E-state index in [1.54, 1.807) is 6.07 Å². The zero-order valence-corrected chi connectivity index (χ0v) is 14.8. The molecule has 0 aromatic heterocycles. The summed E-state index contributed by atoms with van der Waals surface area (Å²) >= 11 is 10.9. The molecule has 0 radical (unpaired) electrons. The number of benzene rings is 1. The van der Waals surface area contributed by atoms with E-state index < -0.39 is 10.0 Å². The summed E-state index contributed by atoms with van der Waals surface area (Å²) in [5.74, 6) is 0.445. The predicted molar refractivity (Wildman–Crippen MR) is 91.2 cm³/mol. The summed E-state index contributed by atoms with van der Waals surface area (Å²) in [5.41, 5.74) is 6.01. The number of hydrogen-bond acceptors (Lipinski definition) is 3. The Kier molecular flexibility index (Phi) is 6.59. The molecule has 2 unspecified atom stereocenters. The number of rotatable bonds is 7. The molecule has 21 heavy (non-hydrogen) atoms. The average molecular weight is 349 g/mol. The number of nitrogens with one attached hydrogen (secondary N) is 1. The van der Waals surface area contributed by atoms with Gasteiger partial charge in [0, 0.05) is 11.6 Å². The number of hydrogen-bond donors (Lipinski definition) is 2. The van der Waals surface area contributed by atoms with Crippen LogP contribution in [0.2, 0.25) is 5.02 Å². The third-order valence-electron chi connectivity index (χ3n) is 3.31. The first-order chi connectivity index (χ1) is 9.67. The Balaban J connectivity index is 3.02. The number of sulfonamides is 1. The molecule has 0 saturated carbocycles. The second-order valence-electron chi connectivity index (χ2n) is 5.28. The average Bonchev–Trinajstić information content (AvgIpc) is 2.37. The molecular formula is C14H21ClN2O2S2. The van der Waals surface area contributed by atoms with Crippen molar-refractivity contribution in [3.63, 3.8) is 0 Å². The Morgan fingerprint density at radius 3 is 2.57 bits per heavy atom. The maximum atomic E-state index is 12.4. The fourth-order valence-electron chi connectivity index (χ4n) is 2.01. The second kappa shape index (κ2) is 7.54. The van der Waals surface area contributed by atoms with Crippen molar-refractivity contribution in [2.75, 3.05) is 0 Å². The molecule has 0 amide bonds. The highest BCUT2D eigenvalue weighted by molar-refractivity contribution is 7.89. The van der Waals surface area contributed by atoms with Crippen molar-refractivity contribution in [2.45, 2.75) is 44.6 Å². The van der Waals surface area contributed by atoms with E-state index in [1.807, 2.05) is 6.92 Å². The van der Waals surface area contributed by atoms with E-state index in [1.165, 1.54) is 12.1 Å². The Morgan fingerprint density at radius 2 is 2.05 bits per heavy atom. The molecule has 0 fully saturated rings. The van der Waals surface area contributed by atoms with E-state index in [9.17, 15) is 8.42 Å². The fourth-order valence-corrected chi connectivity index (χ4v) is 3.92. The first-order valence-electron chi connectivity index (χ1n) is 6.79. The maximum absolute atomic E-state index is 12.4. The molecule has 3 N–H and O–H groups in total. The molecule has 1 aromatic carbocycles. The molecule has 118 valence electrons. The van der Waals surface area contributed by atoms with Gasteiger partial charge >= 0.3 is 0 Å². The van der Waals surface area contributed by atoms with Crippen LogP contribution in [-0.4, -0.2) is 19.4 Å². The second-order valence-corrected chi connectivity index (χ2v) is 7.81. The van der Waals surface area contributed by atoms with Gasteiger partial charge in [-0.1, -0.05) is 50.2 Å². The van der Waals surface area contributed by atoms with E-state index in [4.69, 9.17) is 29.6 Å². The highest BCUT2D eigenvalue weighted by atomic mass is 35.5. The highest BCUT2D eigenvalue weighted by Crippen LogP contribution is 2.23. The van der Waals surface area contributed by atoms with Gasteiger partial charge in [-0.25, -0.2) is 13.1 Å². The summed E-state index contributed by atoms with van der Waals surface area (Å²) in [5, 5.41) is 0.151. The van der Waals surface area contributed by atoms with Gasteiger partial charge in [0.2, 0.25) is 10.0 Å². The van der Waals surface area contributed by atoms with Gasteiger partial charge < -0.3 is 5.73 Å². The monoisotopic (exact) mass is 348 g/mol. The fraction of sp³-hybridized carbons (Fsp3) is 0.500. The highest BCUT2D eigenvalue weighted by Gasteiger charge is 2.22. The smallest absolute Gasteiger partial charge is 0.242 e. The maximum Gasteiger partial charge on any atom is 0.242 e. The Labute approximate surface area is 137 Å². The van der Waals surface area contributed by atoms with Gasteiger partial charge in [-0.3, -0.25) is 0 Å². The van der Waals surface area contributed by atoms with Crippen molar-refractivity contribution in [3.05, 3.63) is 28.8 Å². The summed E-state index contributed by atoms with van der Waals surface area (Å²) in [6, 6.07) is 4.33. The molecule has 0 bridgehead atoms. The van der Waals surface area contributed by atoms with Gasteiger partial charge in [-0.2, -0.15) is 0 Å². The van der Waals surface area contributed by atoms with Crippen LogP contribution in [0.3, 0.4) is 0 Å². The minimum atomic E-state index is -3.70. The first kappa shape index (κ1) is 18.4. The molecule has 0 aliphatic rings. The third kappa shape index (κ3) is 5.21. The molecule has 1 aromatic rings. The molecule has 4 nitrogen and oxygen atoms in total. The standard InChI is InChI=1S/C14H21ClN2O2S2/c1-4-9(2)7-10(3)17-21(18,19)13-8-11(14(16)20)5-6-12(13)15/h5-6,8-10,17H,4,7H2,1-3H3,(H2,16,20). The van der Waals surface area contributed by atoms with Crippen molar-refractivity contribution < 1.29 is 8.42 Å². The number of halogens is 1. The van der Waals surface area contributed by atoms with Crippen LogP contribution in [0.5, 0.6) is 0 Å². The summed E-state index contributed by atoms with van der Waals surface area (Å²) in [6.07, 6.45) is 1.77. The molecular weight excluding hydrogens is 328 g/mol. The van der Waals surface area contributed by atoms with E-state index in [2.05, 4.69) is 18.6 Å². The quantitative estimate of drug-likeness (QED) is 0.743. The van der Waals surface area contributed by atoms with Gasteiger partial charge in [0.25, 0.3) is 0 Å². The Bertz CT molecular complexity index is 617. The lowest BCUT2D eigenvalue weighted by Crippen LogP contribution is -2.34. The van der Waals surface area contributed by atoms with Crippen LogP contribution in [-0.2, 0) is 10.0 Å². The molecule has 0 saturated heterocycles. The van der Waals surface area contributed by atoms with Gasteiger partial charge in [-0.05, 0) is 31.4 Å². The predicted octanol–water partition coefficient (Wildman–Crippen LogP) is 3.08. The van der Waals surface area contributed by atoms with Crippen LogP contribution in [0, 0.1) is 5.92 Å². The van der Waals surface area contributed by atoms with Crippen LogP contribution in [0.4, 0.5) is 0 Å². The lowest BCUT2D eigenvalue weighted by molar-refractivity contribution is 0.445. The van der Waals surface area contributed by atoms with Gasteiger partial charge in [0.1, 0.15) is 9.88 Å². The summed E-state index contributed by atoms with van der Waals surface area (Å²) in [6.45, 7) is 6.01.